The number of benzene rings is 1. The molecule has 1 aromatic carbocycles. The number of nitrogens with zero attached hydrogens (tertiary/aromatic N) is 2. The summed E-state index contributed by atoms with van der Waals surface area (Å²) in [5.74, 6) is 0.907. The third-order valence-electron chi connectivity index (χ3n) is 2.49. The van der Waals surface area contributed by atoms with Crippen LogP contribution in [-0.2, 0) is 16.4 Å². The fourth-order valence-electron chi connectivity index (χ4n) is 1.51. The molecule has 1 heterocycles. The van der Waals surface area contributed by atoms with Gasteiger partial charge in [-0.05, 0) is 34.1 Å². The van der Waals surface area contributed by atoms with E-state index in [4.69, 9.17) is 10.3 Å². The highest BCUT2D eigenvalue weighted by Crippen LogP contribution is 2.22. The number of anilines is 1. The molecule has 108 valence electrons. The Morgan fingerprint density at radius 2 is 2.20 bits per heavy atom. The molecule has 2 aromatic rings. The zero-order valence-electron chi connectivity index (χ0n) is 10.6. The molecule has 0 spiro atoms. The second kappa shape index (κ2) is 5.90. The summed E-state index contributed by atoms with van der Waals surface area (Å²) in [6.45, 7) is 1.85. The van der Waals surface area contributed by atoms with E-state index in [0.717, 1.165) is 0 Å². The van der Waals surface area contributed by atoms with Crippen LogP contribution in [0.2, 0.25) is 0 Å². The Hall–Kier alpha value is -1.45. The van der Waals surface area contributed by atoms with Crippen molar-refractivity contribution >= 4 is 31.6 Å². The van der Waals surface area contributed by atoms with Crippen molar-refractivity contribution < 1.29 is 12.9 Å². The van der Waals surface area contributed by atoms with Gasteiger partial charge in [0.05, 0.1) is 4.90 Å². The number of aryl methyl sites for hydroxylation is 1. The molecule has 0 aliphatic heterocycles. The standard InChI is InChI=1S/C11H13BrN4O3S/c1-7-15-11(16-19-7)4-5-14-20(17,18)8-2-3-9(12)10(13)6-8/h2-3,6,14H,4-5,13H2,1H3. The first-order chi connectivity index (χ1) is 9.38. The molecule has 0 fully saturated rings. The highest BCUT2D eigenvalue weighted by molar-refractivity contribution is 9.10. The fourth-order valence-corrected chi connectivity index (χ4v) is 2.83. The Kier molecular flexibility index (Phi) is 4.41. The first-order valence-electron chi connectivity index (χ1n) is 5.72. The van der Waals surface area contributed by atoms with E-state index in [0.29, 0.717) is 28.3 Å². The lowest BCUT2D eigenvalue weighted by Crippen LogP contribution is -2.26. The number of aromatic nitrogens is 2. The van der Waals surface area contributed by atoms with Gasteiger partial charge in [0.2, 0.25) is 15.9 Å². The molecule has 20 heavy (non-hydrogen) atoms. The number of hydrogen-bond acceptors (Lipinski definition) is 6. The summed E-state index contributed by atoms with van der Waals surface area (Å²) in [7, 11) is -3.60. The fraction of sp³-hybridized carbons (Fsp3) is 0.273. The van der Waals surface area contributed by atoms with Crippen LogP contribution < -0.4 is 10.5 Å². The molecule has 0 atom stereocenters. The van der Waals surface area contributed by atoms with Gasteiger partial charge in [0, 0.05) is 30.0 Å². The number of nitrogen functional groups attached to an aromatic ring is 1. The highest BCUT2D eigenvalue weighted by atomic mass is 79.9. The summed E-state index contributed by atoms with van der Waals surface area (Å²) in [4.78, 5) is 4.10. The van der Waals surface area contributed by atoms with Crippen molar-refractivity contribution in [3.8, 4) is 0 Å². The average Bonchev–Trinajstić information content (AvgIpc) is 2.78. The van der Waals surface area contributed by atoms with Gasteiger partial charge in [-0.25, -0.2) is 13.1 Å². The summed E-state index contributed by atoms with van der Waals surface area (Å²) >= 11 is 3.21. The number of nitrogens with two attached hydrogens (primary N) is 1. The van der Waals surface area contributed by atoms with Gasteiger partial charge in [-0.15, -0.1) is 0 Å². The number of sulfonamides is 1. The van der Waals surface area contributed by atoms with Crippen LogP contribution in [0, 0.1) is 6.92 Å². The molecule has 0 unspecified atom stereocenters. The molecule has 0 saturated heterocycles. The van der Waals surface area contributed by atoms with Crippen molar-refractivity contribution in [1.29, 1.82) is 0 Å². The lowest BCUT2D eigenvalue weighted by Gasteiger charge is -2.07. The van der Waals surface area contributed by atoms with E-state index in [2.05, 4.69) is 30.8 Å². The Balaban J connectivity index is 2.02. The lowest BCUT2D eigenvalue weighted by molar-refractivity contribution is 0.387. The molecule has 0 aliphatic rings. The predicted molar refractivity (Wildman–Crippen MR) is 76.5 cm³/mol. The second-order valence-corrected chi connectivity index (χ2v) is 6.68. The van der Waals surface area contributed by atoms with Crippen LogP contribution in [0.3, 0.4) is 0 Å². The number of halogens is 1. The van der Waals surface area contributed by atoms with Gasteiger partial charge in [-0.2, -0.15) is 4.98 Å². The largest absolute Gasteiger partial charge is 0.398 e. The maximum atomic E-state index is 12.0. The predicted octanol–water partition coefficient (Wildman–Crippen LogP) is 1.24. The molecule has 2 rings (SSSR count). The molecule has 0 bridgehead atoms. The maximum absolute atomic E-state index is 12.0. The molecule has 3 N–H and O–H groups in total. The Bertz CT molecular complexity index is 714. The third kappa shape index (κ3) is 3.56. The maximum Gasteiger partial charge on any atom is 0.240 e. The molecule has 0 radical (unpaired) electrons. The number of rotatable bonds is 5. The Morgan fingerprint density at radius 3 is 2.80 bits per heavy atom. The van der Waals surface area contributed by atoms with Crippen LogP contribution >= 0.6 is 15.9 Å². The SMILES string of the molecule is Cc1nc(CCNS(=O)(=O)c2ccc(Br)c(N)c2)no1. The topological polar surface area (TPSA) is 111 Å². The molecular weight excluding hydrogens is 348 g/mol. The quantitative estimate of drug-likeness (QED) is 0.776. The third-order valence-corrected chi connectivity index (χ3v) is 4.67. The molecule has 0 aliphatic carbocycles. The van der Waals surface area contributed by atoms with E-state index in [-0.39, 0.29) is 11.4 Å². The van der Waals surface area contributed by atoms with E-state index < -0.39 is 10.0 Å². The van der Waals surface area contributed by atoms with Crippen LogP contribution in [0.1, 0.15) is 11.7 Å². The van der Waals surface area contributed by atoms with Crippen molar-refractivity contribution in [2.45, 2.75) is 18.2 Å². The Labute approximate surface area is 124 Å². The molecule has 7 nitrogen and oxygen atoms in total. The summed E-state index contributed by atoms with van der Waals surface area (Å²) in [5, 5.41) is 3.69. The van der Waals surface area contributed by atoms with E-state index in [1.54, 1.807) is 13.0 Å². The van der Waals surface area contributed by atoms with Gasteiger partial charge in [-0.1, -0.05) is 5.16 Å². The van der Waals surface area contributed by atoms with Gasteiger partial charge in [0.1, 0.15) is 0 Å². The minimum Gasteiger partial charge on any atom is -0.398 e. The Morgan fingerprint density at radius 1 is 1.45 bits per heavy atom. The normalized spacial score (nSPS) is 11.7. The van der Waals surface area contributed by atoms with E-state index >= 15 is 0 Å². The van der Waals surface area contributed by atoms with Crippen molar-refractivity contribution in [1.82, 2.24) is 14.9 Å². The smallest absolute Gasteiger partial charge is 0.240 e. The van der Waals surface area contributed by atoms with Crippen molar-refractivity contribution in [3.05, 3.63) is 34.4 Å². The highest BCUT2D eigenvalue weighted by Gasteiger charge is 2.15. The van der Waals surface area contributed by atoms with Crippen molar-refractivity contribution in [2.24, 2.45) is 0 Å². The molecular formula is C11H13BrN4O3S. The molecule has 0 saturated carbocycles. The van der Waals surface area contributed by atoms with Gasteiger partial charge in [0.25, 0.3) is 0 Å². The summed E-state index contributed by atoms with van der Waals surface area (Å²) in [6, 6.07) is 4.46. The van der Waals surface area contributed by atoms with Crippen LogP contribution in [0.5, 0.6) is 0 Å². The molecule has 9 heteroatoms. The van der Waals surface area contributed by atoms with Crippen LogP contribution in [0.25, 0.3) is 0 Å². The minimum atomic E-state index is -3.60. The number of nitrogens with one attached hydrogen (secondary N) is 1. The van der Waals surface area contributed by atoms with Crippen molar-refractivity contribution in [3.63, 3.8) is 0 Å². The van der Waals surface area contributed by atoms with Gasteiger partial charge < -0.3 is 10.3 Å². The number of hydrogen-bond donors (Lipinski definition) is 2. The van der Waals surface area contributed by atoms with Gasteiger partial charge in [-0.3, -0.25) is 0 Å². The van der Waals surface area contributed by atoms with Crippen molar-refractivity contribution in [2.75, 3.05) is 12.3 Å². The van der Waals surface area contributed by atoms with E-state index in [1.807, 2.05) is 0 Å². The molecule has 1 aromatic heterocycles. The van der Waals surface area contributed by atoms with Crippen LogP contribution in [0.15, 0.2) is 32.1 Å². The van der Waals surface area contributed by atoms with E-state index in [1.165, 1.54) is 12.1 Å². The zero-order valence-corrected chi connectivity index (χ0v) is 13.0. The first kappa shape index (κ1) is 14.9. The molecule has 0 amide bonds. The van der Waals surface area contributed by atoms with Crippen LogP contribution in [0.4, 0.5) is 5.69 Å². The first-order valence-corrected chi connectivity index (χ1v) is 8.00. The monoisotopic (exact) mass is 360 g/mol. The minimum absolute atomic E-state index is 0.113. The van der Waals surface area contributed by atoms with Gasteiger partial charge >= 0.3 is 0 Å². The second-order valence-electron chi connectivity index (χ2n) is 4.06. The summed E-state index contributed by atoms with van der Waals surface area (Å²) in [5.41, 5.74) is 6.03. The summed E-state index contributed by atoms with van der Waals surface area (Å²) in [6.07, 6.45) is 0.350. The van der Waals surface area contributed by atoms with Crippen LogP contribution in [-0.4, -0.2) is 25.1 Å². The average molecular weight is 361 g/mol. The van der Waals surface area contributed by atoms with Gasteiger partial charge in [0.15, 0.2) is 5.82 Å². The zero-order chi connectivity index (χ0) is 14.8. The summed E-state index contributed by atoms with van der Waals surface area (Å²) < 4.78 is 32.0. The lowest BCUT2D eigenvalue weighted by atomic mass is 10.3. The van der Waals surface area contributed by atoms with E-state index in [9.17, 15) is 8.42 Å².